The van der Waals surface area contributed by atoms with E-state index in [1.54, 1.807) is 6.07 Å². The molecule has 0 aliphatic carbocycles. The van der Waals surface area contributed by atoms with Crippen molar-refractivity contribution >= 4 is 39.4 Å². The van der Waals surface area contributed by atoms with Crippen LogP contribution in [-0.4, -0.2) is 16.3 Å². The van der Waals surface area contributed by atoms with Gasteiger partial charge in [0.15, 0.2) is 6.29 Å². The summed E-state index contributed by atoms with van der Waals surface area (Å²) in [6.45, 7) is 0. The molecule has 0 radical (unpaired) electrons. The minimum atomic E-state index is 0.401. The molecule has 2 rings (SSSR count). The Labute approximate surface area is 77.0 Å². The molecule has 12 heavy (non-hydrogen) atoms. The first kappa shape index (κ1) is 7.64. The van der Waals surface area contributed by atoms with Crippen molar-refractivity contribution in [3.63, 3.8) is 0 Å². The zero-order chi connectivity index (χ0) is 8.55. The van der Waals surface area contributed by atoms with Crippen molar-refractivity contribution in [3.8, 4) is 0 Å². The number of rotatable bonds is 1. The normalized spacial score (nSPS) is 10.4. The van der Waals surface area contributed by atoms with Gasteiger partial charge in [-0.2, -0.15) is 0 Å². The van der Waals surface area contributed by atoms with Crippen LogP contribution in [0.2, 0.25) is 5.15 Å². The van der Waals surface area contributed by atoms with Gasteiger partial charge in [-0.3, -0.25) is 4.79 Å². The molecule has 0 aliphatic heterocycles. The molecule has 0 spiro atoms. The lowest BCUT2D eigenvalue weighted by atomic mass is 10.4. The predicted octanol–water partition coefficient (Wildman–Crippen LogP) is 2.16. The van der Waals surface area contributed by atoms with Crippen molar-refractivity contribution in [1.29, 1.82) is 0 Å². The van der Waals surface area contributed by atoms with Crippen LogP contribution in [0.1, 0.15) is 9.67 Å². The molecule has 2 heterocycles. The number of carbonyl (C=O) groups excluding carboxylic acids is 1. The summed E-state index contributed by atoms with van der Waals surface area (Å²) >= 11 is 7.07. The molecule has 0 saturated heterocycles. The van der Waals surface area contributed by atoms with Crippen molar-refractivity contribution < 1.29 is 4.79 Å². The fraction of sp³-hybridized carbons (Fsp3) is 0. The number of nitrogens with zero attached hydrogens (tertiary/aromatic N) is 2. The second-order valence-electron chi connectivity index (χ2n) is 2.15. The molecule has 5 heteroatoms. The molecule has 0 aliphatic rings. The van der Waals surface area contributed by atoms with Gasteiger partial charge in [0, 0.05) is 0 Å². The summed E-state index contributed by atoms with van der Waals surface area (Å²) in [6.07, 6.45) is 2.16. The Kier molecular flexibility index (Phi) is 1.78. The molecule has 3 nitrogen and oxygen atoms in total. The predicted molar refractivity (Wildman–Crippen MR) is 47.8 cm³/mol. The molecule has 0 saturated carbocycles. The minimum Gasteiger partial charge on any atom is -0.297 e. The number of aldehydes is 1. The van der Waals surface area contributed by atoms with Crippen molar-refractivity contribution in [3.05, 3.63) is 22.4 Å². The standard InChI is InChI=1S/C7H3ClN2OS/c8-7-6-5(9-3-10-7)1-4(2-11)12-6/h1-3H. The van der Waals surface area contributed by atoms with E-state index in [1.165, 1.54) is 17.7 Å². The highest BCUT2D eigenvalue weighted by Crippen LogP contribution is 2.27. The third kappa shape index (κ3) is 1.09. The Morgan fingerprint density at radius 1 is 1.50 bits per heavy atom. The molecule has 2 aromatic heterocycles. The third-order valence-electron chi connectivity index (χ3n) is 1.40. The summed E-state index contributed by atoms with van der Waals surface area (Å²) in [5.74, 6) is 0. The van der Waals surface area contributed by atoms with Crippen molar-refractivity contribution in [2.75, 3.05) is 0 Å². The van der Waals surface area contributed by atoms with Crippen LogP contribution in [-0.2, 0) is 0 Å². The first-order valence-corrected chi connectivity index (χ1v) is 4.36. The van der Waals surface area contributed by atoms with Gasteiger partial charge in [-0.25, -0.2) is 9.97 Å². The average Bonchev–Trinajstić information content (AvgIpc) is 2.49. The van der Waals surface area contributed by atoms with Gasteiger partial charge < -0.3 is 0 Å². The topological polar surface area (TPSA) is 42.9 Å². The quantitative estimate of drug-likeness (QED) is 0.521. The Hall–Kier alpha value is -1.00. The number of fused-ring (bicyclic) bond motifs is 1. The Morgan fingerprint density at radius 2 is 2.33 bits per heavy atom. The summed E-state index contributed by atoms with van der Waals surface area (Å²) in [5.41, 5.74) is 0.724. The van der Waals surface area contributed by atoms with Gasteiger partial charge in [-0.15, -0.1) is 11.3 Å². The SMILES string of the molecule is O=Cc1cc2ncnc(Cl)c2s1. The molecule has 0 atom stereocenters. The lowest BCUT2D eigenvalue weighted by molar-refractivity contribution is 0.112. The van der Waals surface area contributed by atoms with Gasteiger partial charge in [0.1, 0.15) is 11.5 Å². The number of thiophene rings is 1. The highest BCUT2D eigenvalue weighted by atomic mass is 35.5. The number of aromatic nitrogens is 2. The van der Waals surface area contributed by atoms with Gasteiger partial charge in [-0.1, -0.05) is 11.6 Å². The van der Waals surface area contributed by atoms with E-state index in [0.717, 1.165) is 16.5 Å². The fourth-order valence-electron chi connectivity index (χ4n) is 0.902. The van der Waals surface area contributed by atoms with Gasteiger partial charge >= 0.3 is 0 Å². The van der Waals surface area contributed by atoms with Crippen LogP contribution < -0.4 is 0 Å². The zero-order valence-electron chi connectivity index (χ0n) is 5.82. The van der Waals surface area contributed by atoms with Gasteiger partial charge in [0.05, 0.1) is 15.1 Å². The maximum absolute atomic E-state index is 10.4. The Morgan fingerprint density at radius 3 is 3.00 bits per heavy atom. The number of hydrogen-bond donors (Lipinski definition) is 0. The van der Waals surface area contributed by atoms with Crippen LogP contribution in [0, 0.1) is 0 Å². The largest absolute Gasteiger partial charge is 0.297 e. The maximum Gasteiger partial charge on any atom is 0.160 e. The molecule has 0 N–H and O–H groups in total. The van der Waals surface area contributed by atoms with E-state index in [1.807, 2.05) is 0 Å². The highest BCUT2D eigenvalue weighted by molar-refractivity contribution is 7.21. The second-order valence-corrected chi connectivity index (χ2v) is 3.59. The Balaban J connectivity index is 2.82. The smallest absolute Gasteiger partial charge is 0.160 e. The lowest BCUT2D eigenvalue weighted by Gasteiger charge is -1.87. The van der Waals surface area contributed by atoms with Gasteiger partial charge in [0.25, 0.3) is 0 Å². The second kappa shape index (κ2) is 2.80. The molecular weight excluding hydrogens is 196 g/mol. The maximum atomic E-state index is 10.4. The number of carbonyl (C=O) groups is 1. The van der Waals surface area contributed by atoms with E-state index in [-0.39, 0.29) is 0 Å². The monoisotopic (exact) mass is 198 g/mol. The van der Waals surface area contributed by atoms with Crippen LogP contribution in [0.3, 0.4) is 0 Å². The summed E-state index contributed by atoms with van der Waals surface area (Å²) in [6, 6.07) is 1.70. The van der Waals surface area contributed by atoms with Crippen molar-refractivity contribution in [2.45, 2.75) is 0 Å². The molecule has 0 fully saturated rings. The first-order chi connectivity index (χ1) is 5.81. The van der Waals surface area contributed by atoms with E-state index in [2.05, 4.69) is 9.97 Å². The Bertz CT molecular complexity index is 440. The molecular formula is C7H3ClN2OS. The van der Waals surface area contributed by atoms with Gasteiger partial charge in [-0.05, 0) is 6.07 Å². The fourth-order valence-corrected chi connectivity index (χ4v) is 1.97. The van der Waals surface area contributed by atoms with Crippen molar-refractivity contribution in [1.82, 2.24) is 9.97 Å². The number of hydrogen-bond acceptors (Lipinski definition) is 4. The summed E-state index contributed by atoms with van der Waals surface area (Å²) < 4.78 is 0.765. The van der Waals surface area contributed by atoms with Crippen LogP contribution in [0.4, 0.5) is 0 Å². The number of halogens is 1. The van der Waals surface area contributed by atoms with Gasteiger partial charge in [0.2, 0.25) is 0 Å². The molecule has 60 valence electrons. The highest BCUT2D eigenvalue weighted by Gasteiger charge is 2.05. The summed E-state index contributed by atoms with van der Waals surface area (Å²) in [4.78, 5) is 18.8. The van der Waals surface area contributed by atoms with Crippen LogP contribution in [0.5, 0.6) is 0 Å². The molecule has 0 bridgehead atoms. The van der Waals surface area contributed by atoms with Crippen LogP contribution in [0.25, 0.3) is 10.2 Å². The van der Waals surface area contributed by atoms with E-state index < -0.39 is 0 Å². The van der Waals surface area contributed by atoms with E-state index in [0.29, 0.717) is 10.0 Å². The molecule has 0 unspecified atom stereocenters. The minimum absolute atomic E-state index is 0.401. The third-order valence-corrected chi connectivity index (χ3v) is 2.86. The molecule has 0 aromatic carbocycles. The summed E-state index contributed by atoms with van der Waals surface area (Å²) in [7, 11) is 0. The van der Waals surface area contributed by atoms with E-state index in [9.17, 15) is 4.79 Å². The average molecular weight is 199 g/mol. The van der Waals surface area contributed by atoms with Crippen LogP contribution >= 0.6 is 22.9 Å². The van der Waals surface area contributed by atoms with E-state index >= 15 is 0 Å². The molecule has 2 aromatic rings. The van der Waals surface area contributed by atoms with E-state index in [4.69, 9.17) is 11.6 Å². The first-order valence-electron chi connectivity index (χ1n) is 3.16. The van der Waals surface area contributed by atoms with Crippen LogP contribution in [0.15, 0.2) is 12.4 Å². The molecule has 0 amide bonds. The lowest BCUT2D eigenvalue weighted by Crippen LogP contribution is -1.76. The summed E-state index contributed by atoms with van der Waals surface area (Å²) in [5, 5.41) is 0.401. The zero-order valence-corrected chi connectivity index (χ0v) is 7.39. The van der Waals surface area contributed by atoms with Crippen molar-refractivity contribution in [2.24, 2.45) is 0 Å².